The second-order valence-corrected chi connectivity index (χ2v) is 4.50. The molecule has 0 saturated carbocycles. The molecule has 1 heterocycles. The molecule has 0 aliphatic carbocycles. The predicted molar refractivity (Wildman–Crippen MR) is 61.2 cm³/mol. The van der Waals surface area contributed by atoms with E-state index < -0.39 is 11.4 Å². The van der Waals surface area contributed by atoms with E-state index in [0.29, 0.717) is 5.69 Å². The molecular weight excluding hydrogens is 224 g/mol. The second-order valence-electron chi connectivity index (χ2n) is 4.50. The zero-order chi connectivity index (χ0) is 13.2. The molecule has 0 aliphatic heterocycles. The van der Waals surface area contributed by atoms with Gasteiger partial charge in [-0.15, -0.1) is 0 Å². The molecular formula is C11H16N2O4. The van der Waals surface area contributed by atoms with Gasteiger partial charge in [-0.2, -0.15) is 0 Å². The Labute approximate surface area is 98.9 Å². The van der Waals surface area contributed by atoms with Gasteiger partial charge >= 0.3 is 5.97 Å². The molecule has 1 aromatic heterocycles. The Balaban J connectivity index is 3.23. The summed E-state index contributed by atoms with van der Waals surface area (Å²) in [6.45, 7) is 4.77. The molecule has 0 radical (unpaired) electrons. The molecule has 0 aromatic carbocycles. The highest BCUT2D eigenvalue weighted by atomic mass is 16.5. The molecule has 17 heavy (non-hydrogen) atoms. The van der Waals surface area contributed by atoms with Crippen molar-refractivity contribution < 1.29 is 14.6 Å². The van der Waals surface area contributed by atoms with Gasteiger partial charge in [0, 0.05) is 18.3 Å². The number of hydrogen-bond acceptors (Lipinski definition) is 4. The van der Waals surface area contributed by atoms with Crippen molar-refractivity contribution in [3.05, 3.63) is 22.1 Å². The van der Waals surface area contributed by atoms with Crippen molar-refractivity contribution in [2.75, 3.05) is 7.11 Å². The van der Waals surface area contributed by atoms with Crippen LogP contribution in [0.3, 0.4) is 0 Å². The molecule has 0 bridgehead atoms. The van der Waals surface area contributed by atoms with Crippen molar-refractivity contribution in [2.45, 2.75) is 27.3 Å². The van der Waals surface area contributed by atoms with Gasteiger partial charge in [0.2, 0.25) is 0 Å². The average molecular weight is 240 g/mol. The van der Waals surface area contributed by atoms with E-state index in [4.69, 9.17) is 9.84 Å². The number of carbonyl (C=O) groups is 1. The summed E-state index contributed by atoms with van der Waals surface area (Å²) in [4.78, 5) is 26.8. The van der Waals surface area contributed by atoms with E-state index in [1.807, 2.05) is 0 Å². The lowest BCUT2D eigenvalue weighted by atomic mass is 9.94. The van der Waals surface area contributed by atoms with Crippen molar-refractivity contribution in [3.8, 4) is 6.01 Å². The molecule has 0 amide bonds. The number of carboxylic acid groups (broad SMARTS) is 1. The molecule has 0 saturated heterocycles. The third kappa shape index (κ3) is 2.83. The van der Waals surface area contributed by atoms with Crippen molar-refractivity contribution in [3.63, 3.8) is 0 Å². The summed E-state index contributed by atoms with van der Waals surface area (Å²) >= 11 is 0. The van der Waals surface area contributed by atoms with Crippen LogP contribution in [0.15, 0.2) is 10.9 Å². The Bertz CT molecular complexity index is 491. The Morgan fingerprint density at radius 3 is 2.65 bits per heavy atom. The zero-order valence-electron chi connectivity index (χ0n) is 10.4. The van der Waals surface area contributed by atoms with Gasteiger partial charge < -0.3 is 9.84 Å². The van der Waals surface area contributed by atoms with E-state index in [-0.39, 0.29) is 18.1 Å². The fourth-order valence-electron chi connectivity index (χ4n) is 1.36. The summed E-state index contributed by atoms with van der Waals surface area (Å²) in [6.07, 6.45) is 0. The summed E-state index contributed by atoms with van der Waals surface area (Å²) in [7, 11) is 1.39. The van der Waals surface area contributed by atoms with Crippen LogP contribution in [-0.2, 0) is 11.3 Å². The van der Waals surface area contributed by atoms with Crippen LogP contribution in [0.25, 0.3) is 0 Å². The van der Waals surface area contributed by atoms with Crippen molar-refractivity contribution in [1.29, 1.82) is 0 Å². The van der Waals surface area contributed by atoms with Gasteiger partial charge in [-0.3, -0.25) is 14.2 Å². The van der Waals surface area contributed by atoms with Crippen LogP contribution >= 0.6 is 0 Å². The summed E-state index contributed by atoms with van der Waals surface area (Å²) in [6, 6.07) is 1.48. The van der Waals surface area contributed by atoms with Gasteiger partial charge in [-0.1, -0.05) is 0 Å². The molecule has 1 rings (SSSR count). The SMILES string of the molecule is COc1nc(C)cc(=O)n1CC(C)(C)C(=O)O. The minimum atomic E-state index is -1.06. The molecule has 0 spiro atoms. The largest absolute Gasteiger partial charge is 0.481 e. The maximum Gasteiger partial charge on any atom is 0.310 e. The highest BCUT2D eigenvalue weighted by Crippen LogP contribution is 2.19. The van der Waals surface area contributed by atoms with Gasteiger partial charge in [-0.05, 0) is 20.8 Å². The molecule has 0 fully saturated rings. The zero-order valence-corrected chi connectivity index (χ0v) is 10.4. The maximum atomic E-state index is 11.8. The molecule has 94 valence electrons. The summed E-state index contributed by atoms with van der Waals surface area (Å²) in [5.41, 5.74) is -0.839. The smallest absolute Gasteiger partial charge is 0.310 e. The van der Waals surface area contributed by atoms with Crippen molar-refractivity contribution in [1.82, 2.24) is 9.55 Å². The van der Waals surface area contributed by atoms with Crippen LogP contribution in [0.5, 0.6) is 6.01 Å². The highest BCUT2D eigenvalue weighted by molar-refractivity contribution is 5.73. The highest BCUT2D eigenvalue weighted by Gasteiger charge is 2.29. The van der Waals surface area contributed by atoms with E-state index in [2.05, 4.69) is 4.98 Å². The predicted octanol–water partition coefficient (Wildman–Crippen LogP) is 0.671. The molecule has 0 unspecified atom stereocenters. The minimum Gasteiger partial charge on any atom is -0.481 e. The van der Waals surface area contributed by atoms with E-state index in [0.717, 1.165) is 0 Å². The lowest BCUT2D eigenvalue weighted by molar-refractivity contribution is -0.147. The van der Waals surface area contributed by atoms with Gasteiger partial charge in [0.15, 0.2) is 0 Å². The number of hydrogen-bond donors (Lipinski definition) is 1. The van der Waals surface area contributed by atoms with Crippen LogP contribution in [0, 0.1) is 12.3 Å². The number of ether oxygens (including phenoxy) is 1. The Morgan fingerprint density at radius 1 is 1.59 bits per heavy atom. The summed E-state index contributed by atoms with van der Waals surface area (Å²) in [5, 5.41) is 9.04. The first kappa shape index (κ1) is 13.2. The number of aryl methyl sites for hydroxylation is 1. The lowest BCUT2D eigenvalue weighted by Gasteiger charge is -2.21. The van der Waals surface area contributed by atoms with Crippen LogP contribution in [0.2, 0.25) is 0 Å². The van der Waals surface area contributed by atoms with Gasteiger partial charge in [-0.25, -0.2) is 4.98 Å². The molecule has 0 atom stereocenters. The normalized spacial score (nSPS) is 11.3. The first-order valence-electron chi connectivity index (χ1n) is 5.14. The van der Waals surface area contributed by atoms with E-state index in [1.54, 1.807) is 20.8 Å². The molecule has 1 N–H and O–H groups in total. The minimum absolute atomic E-state index is 0.0115. The molecule has 0 aliphatic rings. The first-order chi connectivity index (χ1) is 7.77. The van der Waals surface area contributed by atoms with Crippen LogP contribution < -0.4 is 10.3 Å². The Morgan fingerprint density at radius 2 is 2.18 bits per heavy atom. The molecule has 6 nitrogen and oxygen atoms in total. The lowest BCUT2D eigenvalue weighted by Crippen LogP contribution is -2.34. The third-order valence-electron chi connectivity index (χ3n) is 2.42. The van der Waals surface area contributed by atoms with E-state index >= 15 is 0 Å². The molecule has 6 heteroatoms. The number of aromatic nitrogens is 2. The first-order valence-corrected chi connectivity index (χ1v) is 5.14. The topological polar surface area (TPSA) is 81.4 Å². The Hall–Kier alpha value is -1.85. The average Bonchev–Trinajstić information content (AvgIpc) is 2.21. The van der Waals surface area contributed by atoms with Crippen molar-refractivity contribution >= 4 is 5.97 Å². The summed E-state index contributed by atoms with van der Waals surface area (Å²) in [5.74, 6) is -0.980. The van der Waals surface area contributed by atoms with Gasteiger partial charge in [0.05, 0.1) is 12.5 Å². The number of nitrogens with zero attached hydrogens (tertiary/aromatic N) is 2. The van der Waals surface area contributed by atoms with Crippen LogP contribution in [-0.4, -0.2) is 27.7 Å². The monoisotopic (exact) mass is 240 g/mol. The Kier molecular flexibility index (Phi) is 3.55. The fraction of sp³-hybridized carbons (Fsp3) is 0.545. The number of carboxylic acids is 1. The standard InChI is InChI=1S/C11H16N2O4/c1-7-5-8(14)13(10(12-7)17-4)6-11(2,3)9(15)16/h5H,6H2,1-4H3,(H,15,16). The van der Waals surface area contributed by atoms with Crippen LogP contribution in [0.1, 0.15) is 19.5 Å². The maximum absolute atomic E-state index is 11.8. The number of aliphatic carboxylic acids is 1. The van der Waals surface area contributed by atoms with Crippen LogP contribution in [0.4, 0.5) is 0 Å². The summed E-state index contributed by atoms with van der Waals surface area (Å²) < 4.78 is 6.21. The van der Waals surface area contributed by atoms with E-state index in [9.17, 15) is 9.59 Å². The van der Waals surface area contributed by atoms with E-state index in [1.165, 1.54) is 17.7 Å². The quantitative estimate of drug-likeness (QED) is 0.836. The molecule has 1 aromatic rings. The number of methoxy groups -OCH3 is 1. The van der Waals surface area contributed by atoms with Gasteiger partial charge in [0.1, 0.15) is 0 Å². The second kappa shape index (κ2) is 4.57. The number of rotatable bonds is 4. The third-order valence-corrected chi connectivity index (χ3v) is 2.42. The fourth-order valence-corrected chi connectivity index (χ4v) is 1.36. The van der Waals surface area contributed by atoms with Crippen molar-refractivity contribution in [2.24, 2.45) is 5.41 Å². The van der Waals surface area contributed by atoms with Gasteiger partial charge in [0.25, 0.3) is 11.6 Å².